The molecule has 0 aromatic carbocycles. The molecular formula is C34H72O3P2. The molecule has 1 unspecified atom stereocenters. The second-order valence-corrected chi connectivity index (χ2v) is 17.1. The molecule has 0 radical (unpaired) electrons. The highest BCUT2D eigenvalue weighted by Gasteiger charge is 2.25. The van der Waals surface area contributed by atoms with Crippen LogP contribution in [0.1, 0.15) is 189 Å². The van der Waals surface area contributed by atoms with E-state index < -0.39 is 7.60 Å². The van der Waals surface area contributed by atoms with E-state index in [1.54, 1.807) is 0 Å². The minimum absolute atomic E-state index is 0.272. The zero-order chi connectivity index (χ0) is 28.9. The predicted octanol–water partition coefficient (Wildman–Crippen LogP) is 13.3. The number of rotatable bonds is 31. The summed E-state index contributed by atoms with van der Waals surface area (Å²) in [6, 6.07) is 0. The van der Waals surface area contributed by atoms with Crippen molar-refractivity contribution in [3.05, 3.63) is 0 Å². The van der Waals surface area contributed by atoms with Crippen LogP contribution in [-0.2, 0) is 13.6 Å². The molecule has 0 spiro atoms. The maximum atomic E-state index is 13.5. The molecule has 0 bridgehead atoms. The summed E-state index contributed by atoms with van der Waals surface area (Å²) < 4.78 is 25.4. The molecule has 0 aromatic rings. The van der Waals surface area contributed by atoms with Gasteiger partial charge in [-0.2, -0.15) is 0 Å². The standard InChI is InChI=1S/C34H72O3P2/c1-6-8-10-12-14-16-18-20-22-24-26-28-30-36-39(35,33-38-32-34(3,4)5)37-31-29-27-25-23-21-19-17-15-13-11-9-7-2/h38H,6-33H2,1-5H3. The molecule has 0 saturated carbocycles. The lowest BCUT2D eigenvalue weighted by molar-refractivity contribution is 0.201. The Labute approximate surface area is 248 Å². The van der Waals surface area contributed by atoms with Gasteiger partial charge in [0, 0.05) is 0 Å². The highest BCUT2D eigenvalue weighted by molar-refractivity contribution is 7.65. The zero-order valence-electron chi connectivity index (χ0n) is 27.5. The Balaban J connectivity index is 3.93. The molecule has 0 aliphatic carbocycles. The minimum Gasteiger partial charge on any atom is -0.308 e. The fraction of sp³-hybridized carbons (Fsp3) is 1.00. The summed E-state index contributed by atoms with van der Waals surface area (Å²) in [5, 5.41) is 0. The summed E-state index contributed by atoms with van der Waals surface area (Å²) >= 11 is 0. The van der Waals surface area contributed by atoms with E-state index >= 15 is 0 Å². The van der Waals surface area contributed by atoms with Gasteiger partial charge in [0.15, 0.2) is 0 Å². The third-order valence-electron chi connectivity index (χ3n) is 7.53. The molecular weight excluding hydrogens is 518 g/mol. The van der Waals surface area contributed by atoms with E-state index in [1.807, 2.05) is 0 Å². The van der Waals surface area contributed by atoms with Crippen molar-refractivity contribution < 1.29 is 13.6 Å². The number of hydrogen-bond donors (Lipinski definition) is 0. The van der Waals surface area contributed by atoms with E-state index in [1.165, 1.54) is 141 Å². The van der Waals surface area contributed by atoms with Crippen LogP contribution in [0, 0.1) is 5.41 Å². The first kappa shape index (κ1) is 39.6. The fourth-order valence-electron chi connectivity index (χ4n) is 4.99. The monoisotopic (exact) mass is 590 g/mol. The smallest absolute Gasteiger partial charge is 0.308 e. The van der Waals surface area contributed by atoms with Crippen molar-refractivity contribution in [3.63, 3.8) is 0 Å². The van der Waals surface area contributed by atoms with Crippen molar-refractivity contribution in [2.75, 3.05) is 25.3 Å². The molecule has 0 fully saturated rings. The van der Waals surface area contributed by atoms with E-state index in [4.69, 9.17) is 9.05 Å². The maximum Gasteiger partial charge on any atom is 0.334 e. The molecule has 1 atom stereocenters. The summed E-state index contributed by atoms with van der Waals surface area (Å²) in [5.41, 5.74) is 0.272. The lowest BCUT2D eigenvalue weighted by Crippen LogP contribution is -2.08. The van der Waals surface area contributed by atoms with Crippen molar-refractivity contribution in [1.82, 2.24) is 0 Å². The van der Waals surface area contributed by atoms with Gasteiger partial charge in [-0.3, -0.25) is 4.57 Å². The van der Waals surface area contributed by atoms with Crippen molar-refractivity contribution in [3.8, 4) is 0 Å². The first-order valence-electron chi connectivity index (χ1n) is 17.4. The highest BCUT2D eigenvalue weighted by Crippen LogP contribution is 2.53. The molecule has 0 aliphatic heterocycles. The molecule has 5 heteroatoms. The van der Waals surface area contributed by atoms with Crippen LogP contribution in [0.2, 0.25) is 0 Å². The number of hydrogen-bond acceptors (Lipinski definition) is 3. The van der Waals surface area contributed by atoms with E-state index in [0.717, 1.165) is 19.0 Å². The quantitative estimate of drug-likeness (QED) is 0.0595. The molecule has 0 heterocycles. The lowest BCUT2D eigenvalue weighted by Gasteiger charge is -2.22. The van der Waals surface area contributed by atoms with Gasteiger partial charge in [-0.1, -0.05) is 176 Å². The van der Waals surface area contributed by atoms with Crippen LogP contribution in [0.15, 0.2) is 0 Å². The van der Waals surface area contributed by atoms with Crippen LogP contribution in [0.3, 0.4) is 0 Å². The van der Waals surface area contributed by atoms with Gasteiger partial charge in [-0.05, 0) is 24.4 Å². The molecule has 3 nitrogen and oxygen atoms in total. The topological polar surface area (TPSA) is 35.5 Å². The predicted molar refractivity (Wildman–Crippen MR) is 179 cm³/mol. The van der Waals surface area contributed by atoms with Crippen molar-refractivity contribution >= 4 is 16.2 Å². The fourth-order valence-corrected chi connectivity index (χ4v) is 8.90. The Morgan fingerprint density at radius 3 is 1.05 bits per heavy atom. The maximum absolute atomic E-state index is 13.5. The number of unbranched alkanes of at least 4 members (excludes halogenated alkanes) is 22. The summed E-state index contributed by atoms with van der Waals surface area (Å²) in [5.74, 6) is 0.598. The van der Waals surface area contributed by atoms with Gasteiger partial charge in [0.25, 0.3) is 0 Å². The van der Waals surface area contributed by atoms with Crippen LogP contribution < -0.4 is 0 Å². The second-order valence-electron chi connectivity index (χ2n) is 13.2. The Kier molecular flexibility index (Phi) is 29.1. The van der Waals surface area contributed by atoms with Crippen LogP contribution in [-0.4, -0.2) is 25.3 Å². The van der Waals surface area contributed by atoms with Gasteiger partial charge in [-0.25, -0.2) is 0 Å². The minimum atomic E-state index is -2.96. The van der Waals surface area contributed by atoms with Crippen LogP contribution in [0.4, 0.5) is 0 Å². The summed E-state index contributed by atoms with van der Waals surface area (Å²) in [4.78, 5) is 0. The van der Waals surface area contributed by atoms with E-state index in [-0.39, 0.29) is 5.41 Å². The normalized spacial score (nSPS) is 12.7. The Morgan fingerprint density at radius 2 is 0.769 bits per heavy atom. The lowest BCUT2D eigenvalue weighted by atomic mass is 10.0. The molecule has 39 heavy (non-hydrogen) atoms. The molecule has 0 amide bonds. The molecule has 0 N–H and O–H groups in total. The molecule has 0 aromatic heterocycles. The van der Waals surface area contributed by atoms with Gasteiger partial charge in [0.05, 0.1) is 19.1 Å². The third-order valence-corrected chi connectivity index (χ3v) is 12.4. The van der Waals surface area contributed by atoms with Crippen molar-refractivity contribution in [1.29, 1.82) is 0 Å². The largest absolute Gasteiger partial charge is 0.334 e. The average Bonchev–Trinajstić information content (AvgIpc) is 2.89. The highest BCUT2D eigenvalue weighted by atomic mass is 31.2. The molecule has 0 saturated heterocycles. The Hall–Kier alpha value is 0.580. The summed E-state index contributed by atoms with van der Waals surface area (Å²) in [6.07, 6.45) is 32.9. The van der Waals surface area contributed by atoms with E-state index in [9.17, 15) is 4.57 Å². The van der Waals surface area contributed by atoms with Crippen LogP contribution in [0.25, 0.3) is 0 Å². The summed E-state index contributed by atoms with van der Waals surface area (Å²) in [7, 11) is -2.31. The van der Waals surface area contributed by atoms with Crippen LogP contribution in [0.5, 0.6) is 0 Å². The second kappa shape index (κ2) is 28.7. The first-order chi connectivity index (χ1) is 18.8. The zero-order valence-corrected chi connectivity index (χ0v) is 29.4. The third kappa shape index (κ3) is 31.3. The molecule has 0 rings (SSSR count). The first-order valence-corrected chi connectivity index (χ1v) is 20.6. The SMILES string of the molecule is CCCCCCCCCCCCCCOP(=O)(CPCC(C)(C)C)OCCCCCCCCCCCCCC. The van der Waals surface area contributed by atoms with Gasteiger partial charge in [-0.15, -0.1) is 8.58 Å². The molecule has 236 valence electrons. The van der Waals surface area contributed by atoms with Crippen molar-refractivity contribution in [2.24, 2.45) is 5.41 Å². The van der Waals surface area contributed by atoms with Gasteiger partial charge in [0.1, 0.15) is 0 Å². The Morgan fingerprint density at radius 1 is 0.487 bits per heavy atom. The van der Waals surface area contributed by atoms with E-state index in [2.05, 4.69) is 34.6 Å². The van der Waals surface area contributed by atoms with Gasteiger partial charge >= 0.3 is 7.60 Å². The van der Waals surface area contributed by atoms with Gasteiger partial charge < -0.3 is 9.05 Å². The Bertz CT molecular complexity index is 499. The molecule has 0 aliphatic rings. The van der Waals surface area contributed by atoms with Gasteiger partial charge in [0.2, 0.25) is 0 Å². The van der Waals surface area contributed by atoms with Crippen molar-refractivity contribution in [2.45, 2.75) is 189 Å². The van der Waals surface area contributed by atoms with Crippen LogP contribution >= 0.6 is 16.2 Å². The average molecular weight is 591 g/mol. The van der Waals surface area contributed by atoms with E-state index in [0.29, 0.717) is 27.7 Å². The summed E-state index contributed by atoms with van der Waals surface area (Å²) in [6.45, 7) is 12.5.